The molecular formula is C15H25N3O. The molecule has 0 aliphatic rings. The van der Waals surface area contributed by atoms with Crippen LogP contribution in [0.2, 0.25) is 0 Å². The normalized spacial score (nSPS) is 10.5. The Kier molecular flexibility index (Phi) is 7.15. The second kappa shape index (κ2) is 8.67. The standard InChI is InChI=1S/C15H25N3O/c1-5-7-18(8-9-19-4)15-11-14(12-16-6-2)10-13(3)17-15/h5,10-11,16H,1,6-9,12H2,2-4H3. The van der Waals surface area contributed by atoms with Crippen LogP contribution in [0.25, 0.3) is 0 Å². The molecule has 19 heavy (non-hydrogen) atoms. The van der Waals surface area contributed by atoms with Gasteiger partial charge in [-0.2, -0.15) is 0 Å². The summed E-state index contributed by atoms with van der Waals surface area (Å²) in [5.74, 6) is 0.991. The van der Waals surface area contributed by atoms with Crippen LogP contribution in [0, 0.1) is 6.92 Å². The third-order valence-electron chi connectivity index (χ3n) is 2.82. The molecular weight excluding hydrogens is 238 g/mol. The predicted molar refractivity (Wildman–Crippen MR) is 80.6 cm³/mol. The molecule has 0 fully saturated rings. The van der Waals surface area contributed by atoms with E-state index >= 15 is 0 Å². The Balaban J connectivity index is 2.87. The van der Waals surface area contributed by atoms with Crippen molar-refractivity contribution in [3.63, 3.8) is 0 Å². The summed E-state index contributed by atoms with van der Waals surface area (Å²) in [6.07, 6.45) is 1.89. The zero-order valence-corrected chi connectivity index (χ0v) is 12.3. The number of ether oxygens (including phenoxy) is 1. The van der Waals surface area contributed by atoms with E-state index in [0.717, 1.165) is 37.7 Å². The van der Waals surface area contributed by atoms with Gasteiger partial charge in [0, 0.05) is 32.4 Å². The third kappa shape index (κ3) is 5.41. The minimum atomic E-state index is 0.687. The summed E-state index contributed by atoms with van der Waals surface area (Å²) in [5.41, 5.74) is 2.30. The summed E-state index contributed by atoms with van der Waals surface area (Å²) in [6, 6.07) is 4.25. The largest absolute Gasteiger partial charge is 0.383 e. The quantitative estimate of drug-likeness (QED) is 0.693. The van der Waals surface area contributed by atoms with Crippen LogP contribution in [0.4, 0.5) is 5.82 Å². The van der Waals surface area contributed by atoms with Crippen molar-refractivity contribution in [3.05, 3.63) is 36.0 Å². The predicted octanol–water partition coefficient (Wildman–Crippen LogP) is 2.14. The monoisotopic (exact) mass is 263 g/mol. The molecule has 0 aromatic carbocycles. The Morgan fingerprint density at radius 1 is 1.47 bits per heavy atom. The summed E-state index contributed by atoms with van der Waals surface area (Å²) < 4.78 is 5.15. The lowest BCUT2D eigenvalue weighted by Crippen LogP contribution is -2.28. The van der Waals surface area contributed by atoms with Crippen LogP contribution in [0.15, 0.2) is 24.8 Å². The van der Waals surface area contributed by atoms with E-state index in [-0.39, 0.29) is 0 Å². The maximum absolute atomic E-state index is 5.15. The Hall–Kier alpha value is -1.39. The fourth-order valence-electron chi connectivity index (χ4n) is 1.91. The van der Waals surface area contributed by atoms with E-state index in [0.29, 0.717) is 6.61 Å². The average molecular weight is 263 g/mol. The first-order valence-electron chi connectivity index (χ1n) is 6.74. The maximum atomic E-state index is 5.15. The van der Waals surface area contributed by atoms with E-state index in [4.69, 9.17) is 4.74 Å². The van der Waals surface area contributed by atoms with E-state index in [9.17, 15) is 0 Å². The lowest BCUT2D eigenvalue weighted by Gasteiger charge is -2.23. The number of nitrogens with one attached hydrogen (secondary N) is 1. The summed E-state index contributed by atoms with van der Waals surface area (Å²) in [4.78, 5) is 6.79. The minimum absolute atomic E-state index is 0.687. The number of pyridine rings is 1. The average Bonchev–Trinajstić information content (AvgIpc) is 2.40. The number of aryl methyl sites for hydroxylation is 1. The Morgan fingerprint density at radius 2 is 2.26 bits per heavy atom. The number of hydrogen-bond donors (Lipinski definition) is 1. The van der Waals surface area contributed by atoms with E-state index in [2.05, 4.69) is 40.8 Å². The van der Waals surface area contributed by atoms with Gasteiger partial charge in [-0.1, -0.05) is 13.0 Å². The van der Waals surface area contributed by atoms with Gasteiger partial charge >= 0.3 is 0 Å². The van der Waals surface area contributed by atoms with Crippen LogP contribution >= 0.6 is 0 Å². The molecule has 0 radical (unpaired) electrons. The number of rotatable bonds is 9. The molecule has 0 atom stereocenters. The molecule has 4 heteroatoms. The van der Waals surface area contributed by atoms with Crippen molar-refractivity contribution in [1.82, 2.24) is 10.3 Å². The molecule has 0 aliphatic heterocycles. The van der Waals surface area contributed by atoms with Crippen LogP contribution in [-0.4, -0.2) is 38.3 Å². The number of anilines is 1. The molecule has 106 valence electrons. The molecule has 0 spiro atoms. The fourth-order valence-corrected chi connectivity index (χ4v) is 1.91. The molecule has 1 rings (SSSR count). The van der Waals surface area contributed by atoms with Crippen molar-refractivity contribution >= 4 is 5.82 Å². The molecule has 1 aromatic rings. The van der Waals surface area contributed by atoms with Gasteiger partial charge in [0.1, 0.15) is 5.82 Å². The number of hydrogen-bond acceptors (Lipinski definition) is 4. The summed E-state index contributed by atoms with van der Waals surface area (Å²) in [5, 5.41) is 3.34. The highest BCUT2D eigenvalue weighted by atomic mass is 16.5. The van der Waals surface area contributed by atoms with Crippen molar-refractivity contribution in [3.8, 4) is 0 Å². The zero-order valence-electron chi connectivity index (χ0n) is 12.3. The number of methoxy groups -OCH3 is 1. The first kappa shape index (κ1) is 15.7. The highest BCUT2D eigenvalue weighted by molar-refractivity contribution is 5.43. The first-order valence-corrected chi connectivity index (χ1v) is 6.74. The highest BCUT2D eigenvalue weighted by Crippen LogP contribution is 2.15. The number of nitrogens with zero attached hydrogens (tertiary/aromatic N) is 2. The molecule has 0 unspecified atom stereocenters. The molecule has 0 amide bonds. The van der Waals surface area contributed by atoms with Crippen molar-refractivity contribution in [2.45, 2.75) is 20.4 Å². The van der Waals surface area contributed by atoms with Crippen LogP contribution in [0.5, 0.6) is 0 Å². The van der Waals surface area contributed by atoms with Crippen molar-refractivity contribution < 1.29 is 4.74 Å². The second-order valence-electron chi connectivity index (χ2n) is 4.48. The Labute approximate surface area is 116 Å². The molecule has 0 bridgehead atoms. The van der Waals surface area contributed by atoms with E-state index < -0.39 is 0 Å². The Morgan fingerprint density at radius 3 is 2.89 bits per heavy atom. The topological polar surface area (TPSA) is 37.4 Å². The molecule has 0 saturated carbocycles. The van der Waals surface area contributed by atoms with Crippen molar-refractivity contribution in [2.75, 3.05) is 38.3 Å². The van der Waals surface area contributed by atoms with Gasteiger partial charge in [-0.05, 0) is 31.2 Å². The SMILES string of the molecule is C=CCN(CCOC)c1cc(CNCC)cc(C)n1. The maximum Gasteiger partial charge on any atom is 0.129 e. The zero-order chi connectivity index (χ0) is 14.1. The van der Waals surface area contributed by atoms with Crippen LogP contribution < -0.4 is 10.2 Å². The van der Waals surface area contributed by atoms with Crippen molar-refractivity contribution in [2.24, 2.45) is 0 Å². The third-order valence-corrected chi connectivity index (χ3v) is 2.82. The lowest BCUT2D eigenvalue weighted by molar-refractivity contribution is 0.205. The fraction of sp³-hybridized carbons (Fsp3) is 0.533. The minimum Gasteiger partial charge on any atom is -0.383 e. The number of aromatic nitrogens is 1. The Bertz CT molecular complexity index is 393. The van der Waals surface area contributed by atoms with Crippen LogP contribution in [0.3, 0.4) is 0 Å². The molecule has 0 saturated heterocycles. The summed E-state index contributed by atoms with van der Waals surface area (Å²) in [7, 11) is 1.71. The van der Waals surface area contributed by atoms with Gasteiger partial charge in [0.2, 0.25) is 0 Å². The van der Waals surface area contributed by atoms with Crippen LogP contribution in [0.1, 0.15) is 18.2 Å². The van der Waals surface area contributed by atoms with Gasteiger partial charge in [-0.15, -0.1) is 6.58 Å². The summed E-state index contributed by atoms with van der Waals surface area (Å²) >= 11 is 0. The smallest absolute Gasteiger partial charge is 0.129 e. The molecule has 1 N–H and O–H groups in total. The van der Waals surface area contributed by atoms with Gasteiger partial charge in [-0.25, -0.2) is 4.98 Å². The van der Waals surface area contributed by atoms with Crippen LogP contribution in [-0.2, 0) is 11.3 Å². The van der Waals surface area contributed by atoms with Crippen molar-refractivity contribution in [1.29, 1.82) is 0 Å². The summed E-state index contributed by atoms with van der Waals surface area (Å²) in [6.45, 7) is 12.1. The second-order valence-corrected chi connectivity index (χ2v) is 4.48. The van der Waals surface area contributed by atoms with E-state index in [1.807, 2.05) is 13.0 Å². The molecule has 1 heterocycles. The molecule has 4 nitrogen and oxygen atoms in total. The molecule has 1 aromatic heterocycles. The van der Waals surface area contributed by atoms with Gasteiger partial charge in [0.25, 0.3) is 0 Å². The lowest BCUT2D eigenvalue weighted by atomic mass is 10.2. The highest BCUT2D eigenvalue weighted by Gasteiger charge is 2.08. The van der Waals surface area contributed by atoms with Gasteiger partial charge in [0.15, 0.2) is 0 Å². The van der Waals surface area contributed by atoms with Gasteiger partial charge in [0.05, 0.1) is 6.61 Å². The first-order chi connectivity index (χ1) is 9.21. The van der Waals surface area contributed by atoms with Gasteiger partial charge in [-0.3, -0.25) is 0 Å². The van der Waals surface area contributed by atoms with E-state index in [1.165, 1.54) is 5.56 Å². The van der Waals surface area contributed by atoms with E-state index in [1.54, 1.807) is 7.11 Å². The molecule has 0 aliphatic carbocycles. The van der Waals surface area contributed by atoms with Gasteiger partial charge < -0.3 is 15.0 Å².